The van der Waals surface area contributed by atoms with Crippen molar-refractivity contribution >= 4 is 17.5 Å². The van der Waals surface area contributed by atoms with Crippen LogP contribution in [0.15, 0.2) is 24.3 Å². The van der Waals surface area contributed by atoms with Gasteiger partial charge in [0.25, 0.3) is 0 Å². The Labute approximate surface area is 120 Å². The van der Waals surface area contributed by atoms with Gasteiger partial charge in [-0.2, -0.15) is 0 Å². The fourth-order valence-electron chi connectivity index (χ4n) is 1.92. The number of nitrogens with two attached hydrogens (primary N) is 1. The molecule has 5 nitrogen and oxygen atoms in total. The molecular weight excluding hydrogens is 254 g/mol. The van der Waals surface area contributed by atoms with Crippen LogP contribution in [0.1, 0.15) is 32.8 Å². The Morgan fingerprint density at radius 1 is 1.40 bits per heavy atom. The number of hydrogen-bond donors (Lipinski definition) is 2. The van der Waals surface area contributed by atoms with Crippen LogP contribution in [0.2, 0.25) is 0 Å². The summed E-state index contributed by atoms with van der Waals surface area (Å²) < 4.78 is 0. The number of amides is 2. The summed E-state index contributed by atoms with van der Waals surface area (Å²) in [6.07, 6.45) is 0.290. The largest absolute Gasteiger partial charge is 0.339 e. The highest BCUT2D eigenvalue weighted by Gasteiger charge is 2.09. The average Bonchev–Trinajstić information content (AvgIpc) is 2.34. The van der Waals surface area contributed by atoms with Crippen molar-refractivity contribution in [3.8, 4) is 0 Å². The standard InChI is InChI=1S/C15H23N3O2/c1-4-18(12(3)19)10-13-6-5-7-14(9-13)17-15(20)8-11(2)16/h5-7,9,11H,4,8,10,16H2,1-3H3,(H,17,20). The molecule has 0 fully saturated rings. The van der Waals surface area contributed by atoms with E-state index in [1.165, 1.54) is 0 Å². The van der Waals surface area contributed by atoms with Crippen LogP contribution in [0, 0.1) is 0 Å². The molecule has 20 heavy (non-hydrogen) atoms. The number of benzene rings is 1. The van der Waals surface area contributed by atoms with Gasteiger partial charge in [0.05, 0.1) is 0 Å². The van der Waals surface area contributed by atoms with Gasteiger partial charge in [-0.1, -0.05) is 12.1 Å². The quantitative estimate of drug-likeness (QED) is 0.831. The van der Waals surface area contributed by atoms with E-state index < -0.39 is 0 Å². The Kier molecular flexibility index (Phi) is 6.18. The maximum absolute atomic E-state index is 11.7. The van der Waals surface area contributed by atoms with Crippen LogP contribution in [-0.4, -0.2) is 29.3 Å². The summed E-state index contributed by atoms with van der Waals surface area (Å²) in [6, 6.07) is 7.35. The zero-order chi connectivity index (χ0) is 15.1. The molecule has 1 atom stereocenters. The Bertz CT molecular complexity index is 472. The first-order valence-corrected chi connectivity index (χ1v) is 6.82. The predicted octanol–water partition coefficient (Wildman–Crippen LogP) is 1.73. The molecule has 1 aromatic rings. The van der Waals surface area contributed by atoms with Crippen LogP contribution in [0.4, 0.5) is 5.69 Å². The van der Waals surface area contributed by atoms with Crippen molar-refractivity contribution in [2.45, 2.75) is 39.8 Å². The van der Waals surface area contributed by atoms with Crippen molar-refractivity contribution < 1.29 is 9.59 Å². The Morgan fingerprint density at radius 3 is 2.65 bits per heavy atom. The zero-order valence-electron chi connectivity index (χ0n) is 12.3. The highest BCUT2D eigenvalue weighted by Crippen LogP contribution is 2.13. The van der Waals surface area contributed by atoms with Crippen molar-refractivity contribution in [1.82, 2.24) is 4.90 Å². The van der Waals surface area contributed by atoms with Gasteiger partial charge in [-0.15, -0.1) is 0 Å². The molecule has 0 spiro atoms. The number of anilines is 1. The van der Waals surface area contributed by atoms with Gasteiger partial charge in [0.2, 0.25) is 11.8 Å². The summed E-state index contributed by atoms with van der Waals surface area (Å²) in [5.41, 5.74) is 7.31. The fourth-order valence-corrected chi connectivity index (χ4v) is 1.92. The van der Waals surface area contributed by atoms with Gasteiger partial charge < -0.3 is 16.0 Å². The Morgan fingerprint density at radius 2 is 2.10 bits per heavy atom. The molecule has 0 radical (unpaired) electrons. The number of nitrogens with one attached hydrogen (secondary N) is 1. The highest BCUT2D eigenvalue weighted by molar-refractivity contribution is 5.91. The number of nitrogens with zero attached hydrogens (tertiary/aromatic N) is 1. The van der Waals surface area contributed by atoms with Crippen LogP contribution >= 0.6 is 0 Å². The minimum Gasteiger partial charge on any atom is -0.339 e. The molecule has 1 rings (SSSR count). The lowest BCUT2D eigenvalue weighted by Crippen LogP contribution is -2.27. The van der Waals surface area contributed by atoms with Gasteiger partial charge in [-0.25, -0.2) is 0 Å². The molecule has 1 aromatic carbocycles. The molecular formula is C15H23N3O2. The lowest BCUT2D eigenvalue weighted by atomic mass is 10.1. The second kappa shape index (κ2) is 7.65. The van der Waals surface area contributed by atoms with E-state index in [0.717, 1.165) is 11.3 Å². The van der Waals surface area contributed by atoms with Crippen LogP contribution < -0.4 is 11.1 Å². The van der Waals surface area contributed by atoms with E-state index >= 15 is 0 Å². The van der Waals surface area contributed by atoms with Crippen LogP contribution in [0.3, 0.4) is 0 Å². The van der Waals surface area contributed by atoms with Gasteiger partial charge in [0.1, 0.15) is 0 Å². The molecule has 1 unspecified atom stereocenters. The summed E-state index contributed by atoms with van der Waals surface area (Å²) in [5, 5.41) is 2.81. The fraction of sp³-hybridized carbons (Fsp3) is 0.467. The second-order valence-electron chi connectivity index (χ2n) is 4.96. The zero-order valence-corrected chi connectivity index (χ0v) is 12.3. The number of rotatable bonds is 6. The van der Waals surface area contributed by atoms with Crippen molar-refractivity contribution in [2.75, 3.05) is 11.9 Å². The summed E-state index contributed by atoms with van der Waals surface area (Å²) >= 11 is 0. The van der Waals surface area contributed by atoms with Crippen molar-refractivity contribution in [3.63, 3.8) is 0 Å². The van der Waals surface area contributed by atoms with Crippen LogP contribution in [0.5, 0.6) is 0 Å². The van der Waals surface area contributed by atoms with E-state index in [4.69, 9.17) is 5.73 Å². The van der Waals surface area contributed by atoms with E-state index in [2.05, 4.69) is 5.32 Å². The van der Waals surface area contributed by atoms with E-state index in [0.29, 0.717) is 19.5 Å². The molecule has 0 saturated heterocycles. The van der Waals surface area contributed by atoms with Crippen molar-refractivity contribution in [2.24, 2.45) is 5.73 Å². The third-order valence-electron chi connectivity index (χ3n) is 2.92. The normalized spacial score (nSPS) is 11.8. The Balaban J connectivity index is 2.70. The number of hydrogen-bond acceptors (Lipinski definition) is 3. The highest BCUT2D eigenvalue weighted by atomic mass is 16.2. The Hall–Kier alpha value is -1.88. The van der Waals surface area contributed by atoms with Gasteiger partial charge in [0.15, 0.2) is 0 Å². The molecule has 0 saturated carbocycles. The third-order valence-corrected chi connectivity index (χ3v) is 2.92. The molecule has 0 aliphatic rings. The van der Waals surface area contributed by atoms with E-state index in [1.807, 2.05) is 31.2 Å². The van der Waals surface area contributed by atoms with Crippen LogP contribution in [0.25, 0.3) is 0 Å². The predicted molar refractivity (Wildman–Crippen MR) is 80.1 cm³/mol. The molecule has 3 N–H and O–H groups in total. The minimum atomic E-state index is -0.161. The third kappa shape index (κ3) is 5.40. The molecule has 0 aliphatic carbocycles. The van der Waals surface area contributed by atoms with Gasteiger partial charge in [-0.3, -0.25) is 9.59 Å². The molecule has 0 heterocycles. The molecule has 0 aliphatic heterocycles. The lowest BCUT2D eigenvalue weighted by Gasteiger charge is -2.19. The second-order valence-corrected chi connectivity index (χ2v) is 4.96. The first kappa shape index (κ1) is 16.2. The van der Waals surface area contributed by atoms with Gasteiger partial charge in [0, 0.05) is 38.2 Å². The van der Waals surface area contributed by atoms with Crippen molar-refractivity contribution in [3.05, 3.63) is 29.8 Å². The smallest absolute Gasteiger partial charge is 0.225 e. The summed E-state index contributed by atoms with van der Waals surface area (Å²) in [6.45, 7) is 6.49. The van der Waals surface area contributed by atoms with E-state index in [-0.39, 0.29) is 17.9 Å². The van der Waals surface area contributed by atoms with Gasteiger partial charge >= 0.3 is 0 Å². The summed E-state index contributed by atoms with van der Waals surface area (Å²) in [5.74, 6) is -0.0602. The molecule has 2 amide bonds. The first-order valence-electron chi connectivity index (χ1n) is 6.82. The lowest BCUT2D eigenvalue weighted by molar-refractivity contribution is -0.129. The number of carbonyl (C=O) groups excluding carboxylic acids is 2. The molecule has 110 valence electrons. The minimum absolute atomic E-state index is 0.0406. The topological polar surface area (TPSA) is 75.4 Å². The summed E-state index contributed by atoms with van der Waals surface area (Å²) in [7, 11) is 0. The number of carbonyl (C=O) groups is 2. The van der Waals surface area contributed by atoms with E-state index in [1.54, 1.807) is 18.7 Å². The van der Waals surface area contributed by atoms with Gasteiger partial charge in [-0.05, 0) is 31.5 Å². The average molecular weight is 277 g/mol. The summed E-state index contributed by atoms with van der Waals surface area (Å²) in [4.78, 5) is 24.8. The molecule has 5 heteroatoms. The maximum Gasteiger partial charge on any atom is 0.225 e. The first-order chi connectivity index (χ1) is 9.42. The van der Waals surface area contributed by atoms with Crippen LogP contribution in [-0.2, 0) is 16.1 Å². The monoisotopic (exact) mass is 277 g/mol. The van der Waals surface area contributed by atoms with E-state index in [9.17, 15) is 9.59 Å². The maximum atomic E-state index is 11.7. The molecule has 0 bridgehead atoms. The molecule has 0 aromatic heterocycles. The van der Waals surface area contributed by atoms with Crippen molar-refractivity contribution in [1.29, 1.82) is 0 Å². The SMILES string of the molecule is CCN(Cc1cccc(NC(=O)CC(C)N)c1)C(C)=O.